The molecule has 1 unspecified atom stereocenters. The van der Waals surface area contributed by atoms with Crippen LogP contribution in [-0.2, 0) is 21.7 Å². The zero-order valence-corrected chi connectivity index (χ0v) is 22.1. The zero-order chi connectivity index (χ0) is 16.6. The second-order valence-electron chi connectivity index (χ2n) is 7.23. The van der Waals surface area contributed by atoms with E-state index in [0.717, 1.165) is 0 Å². The van der Waals surface area contributed by atoms with Crippen molar-refractivity contribution in [1.29, 1.82) is 0 Å². The molecular weight excluding hydrogens is 449 g/mol. The van der Waals surface area contributed by atoms with Crippen LogP contribution in [0.1, 0.15) is 44.7 Å². The summed E-state index contributed by atoms with van der Waals surface area (Å²) < 4.78 is 0. The van der Waals surface area contributed by atoms with Gasteiger partial charge >= 0.3 is 21.7 Å². The van der Waals surface area contributed by atoms with Crippen LogP contribution < -0.4 is 24.8 Å². The third kappa shape index (κ3) is 8.21. The van der Waals surface area contributed by atoms with Crippen molar-refractivity contribution in [2.24, 2.45) is 0 Å². The predicted molar refractivity (Wildman–Crippen MR) is 120 cm³/mol. The second kappa shape index (κ2) is 14.4. The molecule has 1 atom stereocenters. The summed E-state index contributed by atoms with van der Waals surface area (Å²) in [5.41, 5.74) is 9.50. The normalized spacial score (nSPS) is 12.9. The van der Waals surface area contributed by atoms with Crippen molar-refractivity contribution in [1.82, 2.24) is 0 Å². The number of hydrogen-bond acceptors (Lipinski definition) is 0. The molecule has 3 aromatic carbocycles. The maximum absolute atomic E-state index is 6.94. The predicted octanol–water partition coefficient (Wildman–Crippen LogP) is 1.29. The van der Waals surface area contributed by atoms with Crippen LogP contribution >= 0.6 is 0 Å². The van der Waals surface area contributed by atoms with E-state index in [0.29, 0.717) is 5.92 Å². The standard InChI is InChI=1S/C18H13.C4H10N.2CH3.2ClH.Si.Ti/c1-12-10-11-17-15-8-3-2-6-13(15)14-7-4-5-9-16(14)18(12)17;1-4(2,3)5;;;;;;/h2-8,10-12H,1H3;5H,1-3H3;2*1H3;2*1H;;/q4*-1;;;;+2/p-2. The molecule has 4 radical (unpaired) electrons. The molecule has 5 heteroatoms. The Morgan fingerprint density at radius 2 is 1.38 bits per heavy atom. The van der Waals surface area contributed by atoms with Crippen molar-refractivity contribution < 1.29 is 46.5 Å². The smallest absolute Gasteiger partial charge is 1.00 e. The van der Waals surface area contributed by atoms with E-state index in [9.17, 15) is 0 Å². The van der Waals surface area contributed by atoms with Gasteiger partial charge in [0.2, 0.25) is 0 Å². The van der Waals surface area contributed by atoms with E-state index in [1.165, 1.54) is 32.7 Å². The molecule has 1 aliphatic rings. The molecule has 1 N–H and O–H groups in total. The fourth-order valence-corrected chi connectivity index (χ4v) is 3.11. The second-order valence-corrected chi connectivity index (χ2v) is 7.23. The summed E-state index contributed by atoms with van der Waals surface area (Å²) in [5.74, 6) is 0.491. The molecule has 0 aliphatic heterocycles. The number of hydrogen-bond donors (Lipinski definition) is 0. The van der Waals surface area contributed by atoms with E-state index in [1.54, 1.807) is 0 Å². The molecule has 1 nitrogen and oxygen atoms in total. The molecule has 156 valence electrons. The number of halogens is 2. The van der Waals surface area contributed by atoms with Crippen LogP contribution in [0.2, 0.25) is 0 Å². The van der Waals surface area contributed by atoms with Gasteiger partial charge in [-0.05, 0) is 11.3 Å². The number of benzene rings is 3. The molecule has 0 spiro atoms. The average molecular weight is 478 g/mol. The molecule has 1 aliphatic carbocycles. The Morgan fingerprint density at radius 1 is 0.897 bits per heavy atom. The zero-order valence-electron chi connectivity index (χ0n) is 18.0. The van der Waals surface area contributed by atoms with Crippen LogP contribution in [-0.4, -0.2) is 16.5 Å². The van der Waals surface area contributed by atoms with Crippen molar-refractivity contribution in [2.75, 3.05) is 0 Å². The number of nitrogens with one attached hydrogen (secondary N) is 1. The van der Waals surface area contributed by atoms with Crippen LogP contribution in [0.4, 0.5) is 0 Å². The van der Waals surface area contributed by atoms with E-state index < -0.39 is 0 Å². The topological polar surface area (TPSA) is 23.8 Å². The Bertz CT molecular complexity index is 898. The average Bonchev–Trinajstić information content (AvgIpc) is 2.88. The SMILES string of the molecule is CC(C)(C)[NH-].CC1C=Cc2c1c1[c-]cccc1c1ccccc21.[CH3-].[CH3-].[Cl-].[Cl-].[Si].[Ti+2]. The largest absolute Gasteiger partial charge is 2.00 e. The number of rotatable bonds is 0. The molecule has 0 amide bonds. The van der Waals surface area contributed by atoms with Gasteiger partial charge in [0.15, 0.2) is 0 Å². The van der Waals surface area contributed by atoms with Gasteiger partial charge in [-0.1, -0.05) is 75.1 Å². The molecule has 0 saturated heterocycles. The quantitative estimate of drug-likeness (QED) is 0.264. The van der Waals surface area contributed by atoms with E-state index in [1.807, 2.05) is 26.8 Å². The summed E-state index contributed by atoms with van der Waals surface area (Å²) in [5, 5.41) is 5.30. The first kappa shape index (κ1) is 35.8. The first-order valence-electron chi connectivity index (χ1n) is 8.14. The molecule has 0 saturated carbocycles. The summed E-state index contributed by atoms with van der Waals surface area (Å²) in [6, 6.07) is 18.4. The van der Waals surface area contributed by atoms with E-state index in [-0.39, 0.29) is 77.9 Å². The van der Waals surface area contributed by atoms with Crippen molar-refractivity contribution in [3.05, 3.63) is 86.3 Å². The molecule has 0 bridgehead atoms. The molecular formula is C24H29Cl2NSiTi-4. The fraction of sp³-hybridized carbons (Fsp3) is 0.250. The van der Waals surface area contributed by atoms with Gasteiger partial charge in [-0.25, -0.2) is 0 Å². The Balaban J connectivity index is -0.000000259. The summed E-state index contributed by atoms with van der Waals surface area (Å²) in [4.78, 5) is 0. The van der Waals surface area contributed by atoms with Crippen molar-refractivity contribution >= 4 is 38.6 Å². The third-order valence-electron chi connectivity index (χ3n) is 3.93. The summed E-state index contributed by atoms with van der Waals surface area (Å²) >= 11 is 0. The van der Waals surface area contributed by atoms with Crippen LogP contribution in [0.5, 0.6) is 0 Å². The van der Waals surface area contributed by atoms with Crippen LogP contribution in [0.3, 0.4) is 0 Å². The van der Waals surface area contributed by atoms with Crippen LogP contribution in [0.25, 0.3) is 33.4 Å². The van der Waals surface area contributed by atoms with Gasteiger partial charge < -0.3 is 45.4 Å². The molecule has 3 aromatic rings. The van der Waals surface area contributed by atoms with E-state index in [4.69, 9.17) is 5.73 Å². The maximum atomic E-state index is 6.94. The molecule has 4 rings (SSSR count). The Kier molecular flexibility index (Phi) is 17.8. The van der Waals surface area contributed by atoms with Gasteiger partial charge in [-0.3, -0.25) is 0 Å². The monoisotopic (exact) mass is 477 g/mol. The third-order valence-corrected chi connectivity index (χ3v) is 3.93. The van der Waals surface area contributed by atoms with Gasteiger partial charge in [0, 0.05) is 11.0 Å². The fourth-order valence-electron chi connectivity index (χ4n) is 3.11. The van der Waals surface area contributed by atoms with Crippen molar-refractivity contribution in [3.8, 4) is 0 Å². The van der Waals surface area contributed by atoms with Gasteiger partial charge in [-0.2, -0.15) is 0 Å². The summed E-state index contributed by atoms with van der Waals surface area (Å²) in [6.07, 6.45) is 4.56. The van der Waals surface area contributed by atoms with E-state index >= 15 is 0 Å². The summed E-state index contributed by atoms with van der Waals surface area (Å²) in [7, 11) is 0. The minimum Gasteiger partial charge on any atom is -1.00 e. The summed E-state index contributed by atoms with van der Waals surface area (Å²) in [6.45, 7) is 7.82. The van der Waals surface area contributed by atoms with E-state index in [2.05, 4.69) is 61.5 Å². The Morgan fingerprint density at radius 3 is 1.93 bits per heavy atom. The number of allylic oxidation sites excluding steroid dienone is 1. The number of fused-ring (bicyclic) bond motifs is 6. The molecule has 29 heavy (non-hydrogen) atoms. The Hall–Kier alpha value is -0.609. The van der Waals surface area contributed by atoms with Gasteiger partial charge in [0.25, 0.3) is 0 Å². The van der Waals surface area contributed by atoms with Crippen LogP contribution in [0, 0.1) is 20.9 Å². The van der Waals surface area contributed by atoms with Crippen molar-refractivity contribution in [3.63, 3.8) is 0 Å². The first-order chi connectivity index (χ1) is 10.9. The van der Waals surface area contributed by atoms with Crippen molar-refractivity contribution in [2.45, 2.75) is 39.2 Å². The van der Waals surface area contributed by atoms with Gasteiger partial charge in [0.1, 0.15) is 0 Å². The Labute approximate surface area is 209 Å². The van der Waals surface area contributed by atoms with Crippen LogP contribution in [0.15, 0.2) is 48.5 Å². The first-order valence-corrected chi connectivity index (χ1v) is 8.14. The minimum atomic E-state index is -0.250. The van der Waals surface area contributed by atoms with Gasteiger partial charge in [-0.15, -0.1) is 46.1 Å². The minimum absolute atomic E-state index is 0. The molecule has 0 fully saturated rings. The maximum Gasteiger partial charge on any atom is 2.00 e. The molecule has 0 heterocycles. The molecule has 0 aromatic heterocycles. The van der Waals surface area contributed by atoms with Gasteiger partial charge in [0.05, 0.1) is 0 Å².